The maximum absolute atomic E-state index is 13.4. The minimum Gasteiger partial charge on any atom is -0.496 e. The lowest BCUT2D eigenvalue weighted by atomic mass is 9.86. The van der Waals surface area contributed by atoms with Crippen molar-refractivity contribution in [2.45, 2.75) is 72.1 Å². The van der Waals surface area contributed by atoms with Crippen molar-refractivity contribution >= 4 is 22.7 Å². The predicted octanol–water partition coefficient (Wildman–Crippen LogP) is 4.72. The third-order valence-electron chi connectivity index (χ3n) is 7.98. The van der Waals surface area contributed by atoms with Gasteiger partial charge in [0, 0.05) is 47.7 Å². The highest BCUT2D eigenvalue weighted by molar-refractivity contribution is 6.07. The molecule has 8 heteroatoms. The second kappa shape index (κ2) is 15.6. The molecule has 0 saturated heterocycles. The van der Waals surface area contributed by atoms with Crippen LogP contribution in [0.1, 0.15) is 69.3 Å². The molecule has 0 fully saturated rings. The molecule has 8 nitrogen and oxygen atoms in total. The smallest absolute Gasteiger partial charge is 0.253 e. The van der Waals surface area contributed by atoms with E-state index >= 15 is 0 Å². The molecule has 3 aromatic rings. The quantitative estimate of drug-likeness (QED) is 0.188. The van der Waals surface area contributed by atoms with Crippen molar-refractivity contribution in [2.75, 3.05) is 20.2 Å². The summed E-state index contributed by atoms with van der Waals surface area (Å²) in [4.78, 5) is 25.8. The number of benzene rings is 2. The Hall–Kier alpha value is -3.36. The predicted molar refractivity (Wildman–Crippen MR) is 165 cm³/mol. The number of rotatable bonds is 16. The summed E-state index contributed by atoms with van der Waals surface area (Å²) in [6, 6.07) is 15.3. The number of methoxy groups -OCH3 is 1. The first-order chi connectivity index (χ1) is 19.7. The molecule has 1 aromatic heterocycles. The van der Waals surface area contributed by atoms with Crippen LogP contribution in [0.25, 0.3) is 10.9 Å². The number of carbonyl (C=O) groups is 2. The van der Waals surface area contributed by atoms with E-state index in [2.05, 4.69) is 36.0 Å². The Balaban J connectivity index is 1.65. The van der Waals surface area contributed by atoms with E-state index in [1.807, 2.05) is 61.7 Å². The van der Waals surface area contributed by atoms with Crippen LogP contribution in [0.3, 0.4) is 0 Å². The van der Waals surface area contributed by atoms with Crippen molar-refractivity contribution in [3.05, 3.63) is 65.9 Å². The molecule has 4 atom stereocenters. The summed E-state index contributed by atoms with van der Waals surface area (Å²) in [6.45, 7) is 9.76. The largest absolute Gasteiger partial charge is 0.496 e. The van der Waals surface area contributed by atoms with Gasteiger partial charge in [-0.2, -0.15) is 0 Å². The number of aliphatic hydroxyl groups is 1. The van der Waals surface area contributed by atoms with Crippen LogP contribution in [-0.4, -0.2) is 53.8 Å². The number of nitrogens with zero attached hydrogens (tertiary/aromatic N) is 1. The van der Waals surface area contributed by atoms with E-state index in [1.54, 1.807) is 7.11 Å². The number of hydrogen-bond donors (Lipinski definition) is 4. The monoisotopic (exact) mass is 564 g/mol. The van der Waals surface area contributed by atoms with Crippen molar-refractivity contribution in [1.82, 2.24) is 15.2 Å². The van der Waals surface area contributed by atoms with Gasteiger partial charge in [0.15, 0.2) is 0 Å². The summed E-state index contributed by atoms with van der Waals surface area (Å²) >= 11 is 0. The van der Waals surface area contributed by atoms with Crippen LogP contribution < -0.4 is 21.1 Å². The molecule has 0 radical (unpaired) electrons. The molecule has 5 N–H and O–H groups in total. The first-order valence-corrected chi connectivity index (χ1v) is 14.8. The number of aliphatic hydroxyl groups excluding tert-OH is 1. The Morgan fingerprint density at radius 2 is 1.73 bits per heavy atom. The van der Waals surface area contributed by atoms with Crippen molar-refractivity contribution in [2.24, 2.45) is 23.5 Å². The summed E-state index contributed by atoms with van der Waals surface area (Å²) in [5, 5.41) is 17.7. The highest BCUT2D eigenvalue weighted by Gasteiger charge is 2.26. The van der Waals surface area contributed by atoms with E-state index < -0.39 is 12.1 Å². The molecule has 0 spiro atoms. The van der Waals surface area contributed by atoms with Gasteiger partial charge < -0.3 is 30.8 Å². The zero-order chi connectivity index (χ0) is 29.9. The van der Waals surface area contributed by atoms with E-state index in [1.165, 1.54) is 0 Å². The Kier molecular flexibility index (Phi) is 12.2. The first-order valence-electron chi connectivity index (χ1n) is 14.8. The normalized spacial score (nSPS) is 14.4. The van der Waals surface area contributed by atoms with Gasteiger partial charge in [-0.25, -0.2) is 0 Å². The number of ether oxygens (including phenoxy) is 1. The van der Waals surface area contributed by atoms with Crippen LogP contribution in [0.5, 0.6) is 5.75 Å². The third kappa shape index (κ3) is 8.81. The lowest BCUT2D eigenvalue weighted by Gasteiger charge is -2.28. The van der Waals surface area contributed by atoms with Crippen LogP contribution in [0.15, 0.2) is 54.7 Å². The van der Waals surface area contributed by atoms with E-state index in [-0.39, 0.29) is 29.6 Å². The standard InChI is InChI=1S/C33H48N4O4/c1-6-7-16-35-32(39)23(4)17-30(38)28(34)18-25(22(2)3)19-36-33(40)27-21-37(29-14-10-9-13-26(27)29)20-24-12-8-11-15-31(24)41-5/h8-15,21-23,25,28,30,38H,6-7,16-20,34H2,1-5H3,(H,35,39)(H,36,40)/t23-,25+,28+,30+/m1/s1. The number of para-hydroxylation sites is 2. The number of aromatic nitrogens is 1. The van der Waals surface area contributed by atoms with E-state index in [0.29, 0.717) is 38.0 Å². The minimum atomic E-state index is -0.799. The first kappa shape index (κ1) is 32.2. The molecule has 0 bridgehead atoms. The molecule has 0 aliphatic heterocycles. The van der Waals surface area contributed by atoms with E-state index in [0.717, 1.165) is 35.1 Å². The summed E-state index contributed by atoms with van der Waals surface area (Å²) in [5.74, 6) is 0.605. The number of carbonyl (C=O) groups excluding carboxylic acids is 2. The lowest BCUT2D eigenvalue weighted by Crippen LogP contribution is -2.42. The maximum atomic E-state index is 13.4. The topological polar surface area (TPSA) is 119 Å². The van der Waals surface area contributed by atoms with Crippen molar-refractivity contribution < 1.29 is 19.4 Å². The second-order valence-electron chi connectivity index (χ2n) is 11.5. The van der Waals surface area contributed by atoms with Crippen LogP contribution in [-0.2, 0) is 11.3 Å². The molecule has 3 rings (SSSR count). The maximum Gasteiger partial charge on any atom is 0.253 e. The Morgan fingerprint density at radius 3 is 2.44 bits per heavy atom. The van der Waals surface area contributed by atoms with Gasteiger partial charge in [-0.15, -0.1) is 0 Å². The molecular formula is C33H48N4O4. The average Bonchev–Trinajstić information content (AvgIpc) is 3.33. The number of nitrogens with one attached hydrogen (secondary N) is 2. The molecule has 0 aliphatic carbocycles. The van der Waals surface area contributed by atoms with Crippen LogP contribution in [0.4, 0.5) is 0 Å². The number of fused-ring (bicyclic) bond motifs is 1. The van der Waals surface area contributed by atoms with Crippen LogP contribution >= 0.6 is 0 Å². The highest BCUT2D eigenvalue weighted by Crippen LogP contribution is 2.26. The van der Waals surface area contributed by atoms with Gasteiger partial charge in [0.25, 0.3) is 5.91 Å². The summed E-state index contributed by atoms with van der Waals surface area (Å²) in [6.07, 6.45) is 3.90. The second-order valence-corrected chi connectivity index (χ2v) is 11.5. The van der Waals surface area contributed by atoms with Gasteiger partial charge in [-0.05, 0) is 43.2 Å². The highest BCUT2D eigenvalue weighted by atomic mass is 16.5. The van der Waals surface area contributed by atoms with Gasteiger partial charge in [0.1, 0.15) is 5.75 Å². The summed E-state index contributed by atoms with van der Waals surface area (Å²) in [5.41, 5.74) is 9.03. The van der Waals surface area contributed by atoms with Crippen molar-refractivity contribution in [3.63, 3.8) is 0 Å². The number of amides is 2. The Labute approximate surface area is 244 Å². The Morgan fingerprint density at radius 1 is 1.02 bits per heavy atom. The fraction of sp³-hybridized carbons (Fsp3) is 0.515. The number of unbranched alkanes of at least 4 members (excludes halogenated alkanes) is 1. The average molecular weight is 565 g/mol. The molecule has 0 aliphatic rings. The SMILES string of the molecule is CCCCNC(=O)[C@H](C)C[C@H](O)[C@@H](N)C[C@@H](CNC(=O)c1cn(Cc2ccccc2OC)c2ccccc12)C(C)C. The van der Waals surface area contributed by atoms with E-state index in [4.69, 9.17) is 10.5 Å². The number of nitrogens with two attached hydrogens (primary N) is 1. The Bertz CT molecular complexity index is 1270. The van der Waals surface area contributed by atoms with Crippen molar-refractivity contribution in [1.29, 1.82) is 0 Å². The van der Waals surface area contributed by atoms with Crippen LogP contribution in [0.2, 0.25) is 0 Å². The molecule has 0 unspecified atom stereocenters. The van der Waals surface area contributed by atoms with Gasteiger partial charge in [0.05, 0.1) is 25.3 Å². The lowest BCUT2D eigenvalue weighted by molar-refractivity contribution is -0.125. The molecular weight excluding hydrogens is 516 g/mol. The zero-order valence-electron chi connectivity index (χ0n) is 25.2. The summed E-state index contributed by atoms with van der Waals surface area (Å²) < 4.78 is 7.61. The van der Waals surface area contributed by atoms with Gasteiger partial charge in [-0.1, -0.05) is 70.5 Å². The molecule has 2 aromatic carbocycles. The van der Waals surface area contributed by atoms with Gasteiger partial charge >= 0.3 is 0 Å². The molecule has 1 heterocycles. The molecule has 224 valence electrons. The van der Waals surface area contributed by atoms with Crippen LogP contribution in [0, 0.1) is 17.8 Å². The molecule has 0 saturated carbocycles. The van der Waals surface area contributed by atoms with Gasteiger partial charge in [-0.3, -0.25) is 9.59 Å². The number of hydrogen-bond acceptors (Lipinski definition) is 5. The molecule has 41 heavy (non-hydrogen) atoms. The van der Waals surface area contributed by atoms with E-state index in [9.17, 15) is 14.7 Å². The summed E-state index contributed by atoms with van der Waals surface area (Å²) in [7, 11) is 1.66. The zero-order valence-corrected chi connectivity index (χ0v) is 25.2. The van der Waals surface area contributed by atoms with Gasteiger partial charge in [0.2, 0.25) is 5.91 Å². The minimum absolute atomic E-state index is 0.0535. The molecule has 2 amide bonds. The third-order valence-corrected chi connectivity index (χ3v) is 7.98. The fourth-order valence-corrected chi connectivity index (χ4v) is 5.20. The fourth-order valence-electron chi connectivity index (χ4n) is 5.20. The van der Waals surface area contributed by atoms with Crippen molar-refractivity contribution in [3.8, 4) is 5.75 Å².